The van der Waals surface area contributed by atoms with E-state index >= 15 is 0 Å². The van der Waals surface area contributed by atoms with Crippen LogP contribution in [-0.2, 0) is 0 Å². The van der Waals surface area contributed by atoms with E-state index in [0.29, 0.717) is 17.2 Å². The summed E-state index contributed by atoms with van der Waals surface area (Å²) in [6.07, 6.45) is 0.341. The van der Waals surface area contributed by atoms with Crippen LogP contribution in [0.4, 0.5) is 10.5 Å². The Morgan fingerprint density at radius 1 is 1.14 bits per heavy atom. The Kier molecular flexibility index (Phi) is 4.35. The third-order valence-corrected chi connectivity index (χ3v) is 2.53. The molecule has 2 rings (SSSR count). The smallest absolute Gasteiger partial charge is 0.409 e. The van der Waals surface area contributed by atoms with Gasteiger partial charge in [-0.25, -0.2) is 4.79 Å². The highest BCUT2D eigenvalue weighted by atomic mass is 16.5. The van der Waals surface area contributed by atoms with Crippen molar-refractivity contribution in [3.63, 3.8) is 0 Å². The molecule has 1 aromatic carbocycles. The molecule has 0 fully saturated rings. The van der Waals surface area contributed by atoms with Gasteiger partial charge in [-0.2, -0.15) is 0 Å². The summed E-state index contributed by atoms with van der Waals surface area (Å²) < 4.78 is 5.58. The summed E-state index contributed by atoms with van der Waals surface area (Å²) in [7, 11) is 1.52. The number of nitrogens with one attached hydrogen (secondary N) is 2. The van der Waals surface area contributed by atoms with E-state index < -0.39 is 6.09 Å². The number of anilines is 1. The van der Waals surface area contributed by atoms with Crippen LogP contribution in [0.1, 0.15) is 10.5 Å². The molecule has 1 heterocycles. The van der Waals surface area contributed by atoms with Crippen molar-refractivity contribution in [2.24, 2.45) is 0 Å². The summed E-state index contributed by atoms with van der Waals surface area (Å²) in [5.41, 5.74) is 0.690. The normalized spacial score (nSPS) is 9.76. The summed E-state index contributed by atoms with van der Waals surface area (Å²) >= 11 is 0. The Morgan fingerprint density at radius 2 is 1.86 bits per heavy atom. The largest absolute Gasteiger partial charge is 0.465 e. The SMILES string of the molecule is CNC(=O)c1cc(Oc2ccc(NC(=O)O)cc2)ccn1. The minimum atomic E-state index is -1.13. The third kappa shape index (κ3) is 3.93. The molecule has 0 aliphatic carbocycles. The zero-order valence-corrected chi connectivity index (χ0v) is 11.2. The number of ether oxygens (including phenoxy) is 1. The lowest BCUT2D eigenvalue weighted by molar-refractivity contribution is 0.0957. The third-order valence-electron chi connectivity index (χ3n) is 2.53. The lowest BCUT2D eigenvalue weighted by Crippen LogP contribution is -2.18. The van der Waals surface area contributed by atoms with Crippen molar-refractivity contribution in [1.29, 1.82) is 0 Å². The van der Waals surface area contributed by atoms with Crippen molar-refractivity contribution in [3.8, 4) is 11.5 Å². The second-order valence-electron chi connectivity index (χ2n) is 4.01. The average molecular weight is 287 g/mol. The highest BCUT2D eigenvalue weighted by Crippen LogP contribution is 2.23. The molecule has 3 N–H and O–H groups in total. The number of carbonyl (C=O) groups is 2. The number of hydrogen-bond donors (Lipinski definition) is 3. The fourth-order valence-electron chi connectivity index (χ4n) is 1.59. The van der Waals surface area contributed by atoms with Gasteiger partial charge in [0, 0.05) is 25.0 Å². The Balaban J connectivity index is 2.11. The highest BCUT2D eigenvalue weighted by molar-refractivity contribution is 5.92. The standard InChI is InChI=1S/C14H13N3O4/c1-15-13(18)12-8-11(6-7-16-12)21-10-4-2-9(3-5-10)17-14(19)20/h2-8,17H,1H3,(H,15,18)(H,19,20). The topological polar surface area (TPSA) is 101 Å². The van der Waals surface area contributed by atoms with Gasteiger partial charge in [0.2, 0.25) is 0 Å². The van der Waals surface area contributed by atoms with Crippen LogP contribution in [0, 0.1) is 0 Å². The summed E-state index contributed by atoms with van der Waals surface area (Å²) in [6, 6.07) is 9.52. The second-order valence-corrected chi connectivity index (χ2v) is 4.01. The van der Waals surface area contributed by atoms with Crippen molar-refractivity contribution >= 4 is 17.7 Å². The molecule has 108 valence electrons. The first-order valence-corrected chi connectivity index (χ1v) is 6.04. The molecular weight excluding hydrogens is 274 g/mol. The van der Waals surface area contributed by atoms with Gasteiger partial charge >= 0.3 is 6.09 Å². The van der Waals surface area contributed by atoms with Gasteiger partial charge in [-0.1, -0.05) is 0 Å². The maximum atomic E-state index is 11.5. The van der Waals surface area contributed by atoms with Gasteiger partial charge in [-0.05, 0) is 30.3 Å². The van der Waals surface area contributed by atoms with Crippen LogP contribution < -0.4 is 15.4 Å². The molecule has 0 bridgehead atoms. The van der Waals surface area contributed by atoms with E-state index in [1.807, 2.05) is 0 Å². The minimum absolute atomic E-state index is 0.249. The molecular formula is C14H13N3O4. The molecule has 0 aliphatic heterocycles. The Hall–Kier alpha value is -3.09. The van der Waals surface area contributed by atoms with Gasteiger partial charge in [0.05, 0.1) is 0 Å². The molecule has 0 aliphatic rings. The summed E-state index contributed by atoms with van der Waals surface area (Å²) in [5.74, 6) is 0.670. The van der Waals surface area contributed by atoms with Crippen LogP contribution in [0.5, 0.6) is 11.5 Å². The number of nitrogens with zero attached hydrogens (tertiary/aromatic N) is 1. The molecule has 1 aromatic heterocycles. The number of pyridine rings is 1. The molecule has 2 amide bonds. The summed E-state index contributed by atoms with van der Waals surface area (Å²) in [4.78, 5) is 25.9. The first-order chi connectivity index (χ1) is 10.1. The van der Waals surface area contributed by atoms with Crippen molar-refractivity contribution in [2.75, 3.05) is 12.4 Å². The number of rotatable bonds is 4. The Morgan fingerprint density at radius 3 is 2.48 bits per heavy atom. The molecule has 0 radical (unpaired) electrons. The van der Waals surface area contributed by atoms with Crippen LogP contribution in [0.2, 0.25) is 0 Å². The molecule has 0 unspecified atom stereocenters. The Labute approximate surface area is 120 Å². The molecule has 2 aromatic rings. The van der Waals surface area contributed by atoms with E-state index in [4.69, 9.17) is 9.84 Å². The number of aromatic nitrogens is 1. The van der Waals surface area contributed by atoms with Crippen molar-refractivity contribution in [3.05, 3.63) is 48.3 Å². The number of carbonyl (C=O) groups excluding carboxylic acids is 1. The van der Waals surface area contributed by atoms with Gasteiger partial charge < -0.3 is 15.2 Å². The fourth-order valence-corrected chi connectivity index (χ4v) is 1.59. The first-order valence-electron chi connectivity index (χ1n) is 6.04. The summed E-state index contributed by atoms with van der Waals surface area (Å²) in [5, 5.41) is 13.3. The fraction of sp³-hybridized carbons (Fsp3) is 0.0714. The van der Waals surface area contributed by atoms with Gasteiger partial charge in [-0.15, -0.1) is 0 Å². The van der Waals surface area contributed by atoms with Crippen molar-refractivity contribution in [2.45, 2.75) is 0 Å². The predicted octanol–water partition coefficient (Wildman–Crippen LogP) is 2.32. The second kappa shape index (κ2) is 6.38. The maximum absolute atomic E-state index is 11.5. The van der Waals surface area contributed by atoms with Gasteiger partial charge in [0.25, 0.3) is 5.91 Å². The molecule has 0 atom stereocenters. The van der Waals surface area contributed by atoms with Gasteiger partial charge in [-0.3, -0.25) is 15.1 Å². The van der Waals surface area contributed by atoms with E-state index in [1.54, 1.807) is 30.3 Å². The lowest BCUT2D eigenvalue weighted by atomic mass is 10.3. The minimum Gasteiger partial charge on any atom is -0.465 e. The van der Waals surface area contributed by atoms with Gasteiger partial charge in [0.1, 0.15) is 17.2 Å². The van der Waals surface area contributed by atoms with E-state index in [1.165, 1.54) is 19.3 Å². The van der Waals surface area contributed by atoms with Crippen LogP contribution in [0.3, 0.4) is 0 Å². The maximum Gasteiger partial charge on any atom is 0.409 e. The van der Waals surface area contributed by atoms with Crippen LogP contribution >= 0.6 is 0 Å². The molecule has 0 spiro atoms. The monoisotopic (exact) mass is 287 g/mol. The van der Waals surface area contributed by atoms with E-state index in [-0.39, 0.29) is 11.6 Å². The summed E-state index contributed by atoms with van der Waals surface area (Å²) in [6.45, 7) is 0. The van der Waals surface area contributed by atoms with E-state index in [2.05, 4.69) is 15.6 Å². The number of benzene rings is 1. The molecule has 7 heteroatoms. The van der Waals surface area contributed by atoms with Gasteiger partial charge in [0.15, 0.2) is 0 Å². The van der Waals surface area contributed by atoms with Crippen molar-refractivity contribution < 1.29 is 19.4 Å². The van der Waals surface area contributed by atoms with E-state index in [9.17, 15) is 9.59 Å². The van der Waals surface area contributed by atoms with Crippen LogP contribution in [0.25, 0.3) is 0 Å². The lowest BCUT2D eigenvalue weighted by Gasteiger charge is -2.07. The molecule has 0 saturated heterocycles. The quantitative estimate of drug-likeness (QED) is 0.801. The zero-order valence-electron chi connectivity index (χ0n) is 11.2. The number of hydrogen-bond acceptors (Lipinski definition) is 4. The number of amides is 2. The predicted molar refractivity (Wildman–Crippen MR) is 75.8 cm³/mol. The highest BCUT2D eigenvalue weighted by Gasteiger charge is 2.07. The average Bonchev–Trinajstić information content (AvgIpc) is 2.48. The Bertz CT molecular complexity index is 656. The molecule has 0 saturated carbocycles. The van der Waals surface area contributed by atoms with Crippen LogP contribution in [-0.4, -0.2) is 29.1 Å². The van der Waals surface area contributed by atoms with Crippen molar-refractivity contribution in [1.82, 2.24) is 10.3 Å². The zero-order chi connectivity index (χ0) is 15.2. The number of carboxylic acid groups (broad SMARTS) is 1. The van der Waals surface area contributed by atoms with Crippen LogP contribution in [0.15, 0.2) is 42.6 Å². The first kappa shape index (κ1) is 14.3. The molecule has 21 heavy (non-hydrogen) atoms. The van der Waals surface area contributed by atoms with E-state index in [0.717, 1.165) is 0 Å². The molecule has 7 nitrogen and oxygen atoms in total.